The molecule has 0 aliphatic heterocycles. The van der Waals surface area contributed by atoms with Crippen LogP contribution in [0, 0.1) is 17.9 Å². The molecule has 0 amide bonds. The summed E-state index contributed by atoms with van der Waals surface area (Å²) in [6.45, 7) is 7.57. The molecule has 75 heavy (non-hydrogen) atoms. The first-order chi connectivity index (χ1) is 36.7. The topological polar surface area (TPSA) is 84.6 Å². The summed E-state index contributed by atoms with van der Waals surface area (Å²) in [6, 6.07) is 73.1. The molecule has 3 heterocycles. The molecule has 0 N–H and O–H groups in total. The molecule has 12 aromatic rings. The van der Waals surface area contributed by atoms with Crippen LogP contribution in [-0.2, 0) is 6.18 Å². The Morgan fingerprint density at radius 1 is 0.413 bits per heavy atom. The first-order valence-corrected chi connectivity index (χ1v) is 24.0. The van der Waals surface area contributed by atoms with Gasteiger partial charge >= 0.3 is 6.18 Å². The van der Waals surface area contributed by atoms with Gasteiger partial charge in [0.25, 0.3) is 0 Å². The Labute approximate surface area is 429 Å². The molecule has 0 saturated heterocycles. The van der Waals surface area contributed by atoms with Crippen molar-refractivity contribution in [3.63, 3.8) is 0 Å². The van der Waals surface area contributed by atoms with E-state index in [1.807, 2.05) is 187 Å². The lowest BCUT2D eigenvalue weighted by atomic mass is 9.98. The molecule has 12 rings (SSSR count). The minimum atomic E-state index is -4.84. The molecule has 0 saturated carbocycles. The first-order valence-electron chi connectivity index (χ1n) is 24.0. The summed E-state index contributed by atoms with van der Waals surface area (Å²) in [5, 5.41) is 11.2. The molecule has 3 aromatic heterocycles. The maximum atomic E-state index is 15.9. The predicted molar refractivity (Wildman–Crippen MR) is 291 cm³/mol. The molecule has 7 nitrogen and oxygen atoms in total. The van der Waals surface area contributed by atoms with E-state index in [2.05, 4.69) is 23.0 Å². The maximum Gasteiger partial charge on any atom is 0.416 e. The summed E-state index contributed by atoms with van der Waals surface area (Å²) in [7, 11) is 0. The van der Waals surface area contributed by atoms with Crippen molar-refractivity contribution < 1.29 is 13.2 Å². The second-order valence-corrected chi connectivity index (χ2v) is 18.0. The van der Waals surface area contributed by atoms with Gasteiger partial charge in [-0.2, -0.15) is 18.4 Å². The van der Waals surface area contributed by atoms with Crippen molar-refractivity contribution >= 4 is 27.5 Å². The Balaban J connectivity index is 1.24. The number of halogens is 3. The summed E-state index contributed by atoms with van der Waals surface area (Å²) < 4.78 is 49.8. The third-order valence-corrected chi connectivity index (χ3v) is 13.3. The molecule has 0 fully saturated rings. The summed E-state index contributed by atoms with van der Waals surface area (Å²) in [6.07, 6.45) is -4.84. The smallest absolute Gasteiger partial charge is 0.308 e. The molecular formula is C65H38F3N7. The Morgan fingerprint density at radius 3 is 1.12 bits per heavy atom. The lowest BCUT2D eigenvalue weighted by Gasteiger charge is -2.21. The van der Waals surface area contributed by atoms with Crippen molar-refractivity contribution in [1.29, 1.82) is 5.26 Å². The third kappa shape index (κ3) is 8.84. The van der Waals surface area contributed by atoms with E-state index in [4.69, 9.17) is 26.5 Å². The van der Waals surface area contributed by atoms with E-state index in [1.54, 1.807) is 24.3 Å². The first kappa shape index (κ1) is 45.8. The van der Waals surface area contributed by atoms with Crippen molar-refractivity contribution in [2.45, 2.75) is 6.18 Å². The summed E-state index contributed by atoms with van der Waals surface area (Å²) in [5.41, 5.74) is 10.5. The Kier molecular flexibility index (Phi) is 11.6. The van der Waals surface area contributed by atoms with Gasteiger partial charge in [-0.15, -0.1) is 0 Å². The van der Waals surface area contributed by atoms with Gasteiger partial charge in [-0.1, -0.05) is 170 Å². The van der Waals surface area contributed by atoms with Crippen LogP contribution in [0.4, 0.5) is 18.9 Å². The normalized spacial score (nSPS) is 11.4. The van der Waals surface area contributed by atoms with Gasteiger partial charge in [0, 0.05) is 44.2 Å². The molecule has 0 aliphatic carbocycles. The molecule has 10 heteroatoms. The van der Waals surface area contributed by atoms with Crippen LogP contribution in [-0.4, -0.2) is 24.5 Å². The van der Waals surface area contributed by atoms with Gasteiger partial charge in [-0.3, -0.25) is 0 Å². The number of nitrogens with zero attached hydrogens (tertiary/aromatic N) is 7. The SMILES string of the molecule is [C-]#[N+]c1ccc(-c2ccc3c(c2)c2cc(-c4ccc(C#N)cc4)ccc2n3-c2c(-c3nc(-c4ccccc4)cc(-c4ccccc4)n3)cc(C(F)(F)F)cc2-c2nc(-c3ccccc3)cc(-c3ccccc3)n2)cc1. The zero-order valence-electron chi connectivity index (χ0n) is 39.7. The van der Waals surface area contributed by atoms with Crippen LogP contribution in [0.2, 0.25) is 0 Å². The third-order valence-electron chi connectivity index (χ3n) is 13.3. The number of aromatic nitrogens is 5. The molecule has 354 valence electrons. The largest absolute Gasteiger partial charge is 0.416 e. The van der Waals surface area contributed by atoms with E-state index in [0.717, 1.165) is 67.4 Å². The van der Waals surface area contributed by atoms with E-state index >= 15 is 13.2 Å². The van der Waals surface area contributed by atoms with Gasteiger partial charge in [0.15, 0.2) is 17.3 Å². The summed E-state index contributed by atoms with van der Waals surface area (Å²) >= 11 is 0. The van der Waals surface area contributed by atoms with Crippen molar-refractivity contribution in [1.82, 2.24) is 24.5 Å². The van der Waals surface area contributed by atoms with Gasteiger partial charge in [-0.25, -0.2) is 24.8 Å². The number of nitriles is 1. The number of alkyl halides is 3. The minimum absolute atomic E-state index is 0.0563. The maximum absolute atomic E-state index is 15.9. The summed E-state index contributed by atoms with van der Waals surface area (Å²) in [5.74, 6) is 0.113. The van der Waals surface area contributed by atoms with Crippen LogP contribution in [0.3, 0.4) is 0 Å². The number of hydrogen-bond acceptors (Lipinski definition) is 5. The van der Waals surface area contributed by atoms with Crippen LogP contribution < -0.4 is 0 Å². The predicted octanol–water partition coefficient (Wildman–Crippen LogP) is 17.1. The zero-order chi connectivity index (χ0) is 51.0. The highest BCUT2D eigenvalue weighted by molar-refractivity contribution is 6.13. The Morgan fingerprint density at radius 2 is 0.773 bits per heavy atom. The molecule has 0 spiro atoms. The van der Waals surface area contributed by atoms with Crippen molar-refractivity contribution in [3.8, 4) is 102 Å². The fourth-order valence-electron chi connectivity index (χ4n) is 9.63. The lowest BCUT2D eigenvalue weighted by Crippen LogP contribution is -2.11. The molecule has 0 aliphatic rings. The van der Waals surface area contributed by atoms with E-state index in [9.17, 15) is 5.26 Å². The Hall–Kier alpha value is -10.3. The van der Waals surface area contributed by atoms with Crippen LogP contribution in [0.1, 0.15) is 11.1 Å². The average molecular weight is 974 g/mol. The lowest BCUT2D eigenvalue weighted by molar-refractivity contribution is -0.137. The monoisotopic (exact) mass is 973 g/mol. The number of rotatable bonds is 9. The van der Waals surface area contributed by atoms with Gasteiger partial charge in [0.05, 0.1) is 63.3 Å². The Bertz CT molecular complexity index is 3820. The average Bonchev–Trinajstić information content (AvgIpc) is 3.89. The van der Waals surface area contributed by atoms with Gasteiger partial charge in [0.2, 0.25) is 0 Å². The van der Waals surface area contributed by atoms with Crippen molar-refractivity contribution in [2.75, 3.05) is 0 Å². The van der Waals surface area contributed by atoms with Gasteiger partial charge < -0.3 is 4.57 Å². The second-order valence-electron chi connectivity index (χ2n) is 18.0. The molecular weight excluding hydrogens is 936 g/mol. The zero-order valence-corrected chi connectivity index (χ0v) is 39.7. The quantitative estimate of drug-likeness (QED) is 0.135. The molecule has 0 bridgehead atoms. The van der Waals surface area contributed by atoms with Gasteiger partial charge in [-0.05, 0) is 82.9 Å². The fourth-order valence-corrected chi connectivity index (χ4v) is 9.63. The van der Waals surface area contributed by atoms with Crippen LogP contribution in [0.5, 0.6) is 0 Å². The highest BCUT2D eigenvalue weighted by Crippen LogP contribution is 2.46. The van der Waals surface area contributed by atoms with E-state index in [0.29, 0.717) is 50.7 Å². The second kappa shape index (κ2) is 19.0. The highest BCUT2D eigenvalue weighted by atomic mass is 19.4. The molecule has 0 radical (unpaired) electrons. The number of hydrogen-bond donors (Lipinski definition) is 0. The molecule has 0 atom stereocenters. The van der Waals surface area contributed by atoms with Crippen LogP contribution >= 0.6 is 0 Å². The number of benzene rings is 9. The standard InChI is InChI=1S/C65H38F3N7/c1-70-51-30-26-43(27-31-51)49-29-33-61-53(35-49)52-34-48(42-24-22-41(40-69)23-25-42)28-32-60(52)75(61)62-54(63-71-56(44-14-6-2-7-15-44)38-57(72-63)45-16-8-3-9-17-45)36-50(65(66,67)68)37-55(62)64-73-58(46-18-10-4-11-19-46)39-59(74-64)47-20-12-5-13-21-47/h2-39H. The molecule has 9 aromatic carbocycles. The van der Waals surface area contributed by atoms with E-state index in [-0.39, 0.29) is 22.8 Å². The van der Waals surface area contributed by atoms with Crippen LogP contribution in [0.25, 0.3) is 122 Å². The number of fused-ring (bicyclic) bond motifs is 3. The van der Waals surface area contributed by atoms with E-state index < -0.39 is 11.7 Å². The fraction of sp³-hybridized carbons (Fsp3) is 0.0154. The highest BCUT2D eigenvalue weighted by Gasteiger charge is 2.35. The van der Waals surface area contributed by atoms with E-state index in [1.165, 1.54) is 0 Å². The van der Waals surface area contributed by atoms with Crippen molar-refractivity contribution in [2.24, 2.45) is 0 Å². The minimum Gasteiger partial charge on any atom is -0.308 e. The van der Waals surface area contributed by atoms with Crippen molar-refractivity contribution in [3.05, 3.63) is 253 Å². The molecule has 0 unspecified atom stereocenters. The van der Waals surface area contributed by atoms with Crippen LogP contribution in [0.15, 0.2) is 231 Å². The summed E-state index contributed by atoms with van der Waals surface area (Å²) in [4.78, 5) is 24.3. The van der Waals surface area contributed by atoms with Gasteiger partial charge in [0.1, 0.15) is 0 Å².